The zero-order valence-electron chi connectivity index (χ0n) is 11.7. The standard InChI is InChI=1S/C18H24/c1-3-4-5-6-16-9-13-18(14-10-16)17-11-7-15(2)8-12-17/h7-9,11-13H,3-6,10,14H2,1-2H3. The van der Waals surface area contributed by atoms with Gasteiger partial charge >= 0.3 is 0 Å². The molecule has 0 bridgehead atoms. The van der Waals surface area contributed by atoms with Crippen LogP contribution in [0.15, 0.2) is 42.0 Å². The van der Waals surface area contributed by atoms with Crippen LogP contribution in [0.5, 0.6) is 0 Å². The Kier molecular flexibility index (Phi) is 4.81. The van der Waals surface area contributed by atoms with Crippen LogP contribution in [0, 0.1) is 6.92 Å². The monoisotopic (exact) mass is 240 g/mol. The topological polar surface area (TPSA) is 0 Å². The van der Waals surface area contributed by atoms with Gasteiger partial charge in [-0.25, -0.2) is 0 Å². The fourth-order valence-corrected chi connectivity index (χ4v) is 2.50. The van der Waals surface area contributed by atoms with E-state index < -0.39 is 0 Å². The van der Waals surface area contributed by atoms with Crippen LogP contribution in [0.1, 0.15) is 56.6 Å². The maximum Gasteiger partial charge on any atom is -0.0224 e. The summed E-state index contributed by atoms with van der Waals surface area (Å²) in [5.74, 6) is 0. The zero-order chi connectivity index (χ0) is 12.8. The van der Waals surface area contributed by atoms with E-state index in [2.05, 4.69) is 50.3 Å². The van der Waals surface area contributed by atoms with Gasteiger partial charge in [0.25, 0.3) is 0 Å². The van der Waals surface area contributed by atoms with Gasteiger partial charge in [-0.2, -0.15) is 0 Å². The zero-order valence-corrected chi connectivity index (χ0v) is 11.7. The lowest BCUT2D eigenvalue weighted by Crippen LogP contribution is -1.94. The molecule has 0 nitrogen and oxygen atoms in total. The molecule has 0 radical (unpaired) electrons. The van der Waals surface area contributed by atoms with Gasteiger partial charge in [0.05, 0.1) is 0 Å². The predicted octanol–water partition coefficient (Wildman–Crippen LogP) is 5.68. The molecule has 0 amide bonds. The number of unbranched alkanes of at least 4 members (excludes halogenated alkanes) is 2. The van der Waals surface area contributed by atoms with E-state index in [1.807, 2.05) is 0 Å². The molecular formula is C18H24. The van der Waals surface area contributed by atoms with E-state index in [4.69, 9.17) is 0 Å². The van der Waals surface area contributed by atoms with E-state index in [1.54, 1.807) is 5.57 Å². The Labute approximate surface area is 111 Å². The molecule has 0 N–H and O–H groups in total. The highest BCUT2D eigenvalue weighted by Gasteiger charge is 2.07. The third-order valence-corrected chi connectivity index (χ3v) is 3.76. The van der Waals surface area contributed by atoms with Crippen molar-refractivity contribution >= 4 is 5.57 Å². The molecule has 0 aromatic heterocycles. The first-order valence-corrected chi connectivity index (χ1v) is 7.25. The molecular weight excluding hydrogens is 216 g/mol. The van der Waals surface area contributed by atoms with Crippen LogP contribution in [0.4, 0.5) is 0 Å². The van der Waals surface area contributed by atoms with Crippen LogP contribution in [-0.2, 0) is 0 Å². The largest absolute Gasteiger partial charge is 0.0699 e. The number of rotatable bonds is 5. The molecule has 0 spiro atoms. The van der Waals surface area contributed by atoms with Gasteiger partial charge in [-0.15, -0.1) is 0 Å². The fourth-order valence-electron chi connectivity index (χ4n) is 2.50. The summed E-state index contributed by atoms with van der Waals surface area (Å²) in [6.45, 7) is 4.41. The highest BCUT2D eigenvalue weighted by atomic mass is 14.1. The highest BCUT2D eigenvalue weighted by Crippen LogP contribution is 2.29. The molecule has 2 rings (SSSR count). The summed E-state index contributed by atoms with van der Waals surface area (Å²) in [6, 6.07) is 8.90. The number of benzene rings is 1. The van der Waals surface area contributed by atoms with Crippen LogP contribution in [0.3, 0.4) is 0 Å². The molecule has 96 valence electrons. The number of allylic oxidation sites excluding steroid dienone is 4. The molecule has 1 aromatic rings. The van der Waals surface area contributed by atoms with Crippen molar-refractivity contribution in [3.63, 3.8) is 0 Å². The molecule has 1 aliphatic carbocycles. The summed E-state index contributed by atoms with van der Waals surface area (Å²) in [7, 11) is 0. The van der Waals surface area contributed by atoms with Crippen molar-refractivity contribution in [2.24, 2.45) is 0 Å². The maximum atomic E-state index is 2.36. The van der Waals surface area contributed by atoms with Crippen molar-refractivity contribution in [2.45, 2.75) is 52.4 Å². The van der Waals surface area contributed by atoms with Crippen molar-refractivity contribution in [3.8, 4) is 0 Å². The first-order chi connectivity index (χ1) is 8.79. The van der Waals surface area contributed by atoms with Crippen LogP contribution in [0.25, 0.3) is 5.57 Å². The lowest BCUT2D eigenvalue weighted by atomic mass is 9.91. The number of hydrogen-bond acceptors (Lipinski definition) is 0. The van der Waals surface area contributed by atoms with E-state index in [9.17, 15) is 0 Å². The van der Waals surface area contributed by atoms with Crippen molar-refractivity contribution in [3.05, 3.63) is 53.1 Å². The highest BCUT2D eigenvalue weighted by molar-refractivity contribution is 5.68. The minimum Gasteiger partial charge on any atom is -0.0699 e. The Morgan fingerprint density at radius 2 is 1.72 bits per heavy atom. The number of hydrogen-bond donors (Lipinski definition) is 0. The molecule has 1 aliphatic rings. The average Bonchev–Trinajstić information content (AvgIpc) is 2.41. The molecule has 0 saturated heterocycles. The first-order valence-electron chi connectivity index (χ1n) is 7.25. The van der Waals surface area contributed by atoms with Gasteiger partial charge in [0.2, 0.25) is 0 Å². The quantitative estimate of drug-likeness (QED) is 0.581. The Morgan fingerprint density at radius 1 is 0.944 bits per heavy atom. The van der Waals surface area contributed by atoms with E-state index >= 15 is 0 Å². The molecule has 0 saturated carbocycles. The van der Waals surface area contributed by atoms with Gasteiger partial charge in [0.15, 0.2) is 0 Å². The lowest BCUT2D eigenvalue weighted by Gasteiger charge is -2.15. The molecule has 0 heteroatoms. The minimum atomic E-state index is 1.21. The molecule has 0 fully saturated rings. The van der Waals surface area contributed by atoms with Crippen molar-refractivity contribution in [2.75, 3.05) is 0 Å². The Balaban J connectivity index is 1.98. The predicted molar refractivity (Wildman–Crippen MR) is 80.6 cm³/mol. The summed E-state index contributed by atoms with van der Waals surface area (Å²) in [4.78, 5) is 0. The summed E-state index contributed by atoms with van der Waals surface area (Å²) < 4.78 is 0. The van der Waals surface area contributed by atoms with Crippen LogP contribution < -0.4 is 0 Å². The Morgan fingerprint density at radius 3 is 2.33 bits per heavy atom. The van der Waals surface area contributed by atoms with Crippen LogP contribution in [-0.4, -0.2) is 0 Å². The first kappa shape index (κ1) is 13.1. The third kappa shape index (κ3) is 3.60. The Hall–Kier alpha value is -1.30. The smallest absolute Gasteiger partial charge is 0.0224 e. The van der Waals surface area contributed by atoms with Crippen LogP contribution >= 0.6 is 0 Å². The summed E-state index contributed by atoms with van der Waals surface area (Å²) >= 11 is 0. The average molecular weight is 240 g/mol. The van der Waals surface area contributed by atoms with Gasteiger partial charge in [0, 0.05) is 0 Å². The van der Waals surface area contributed by atoms with E-state index in [0.717, 1.165) is 0 Å². The SMILES string of the molecule is CCCCCC1=CC=C(c2ccc(C)cc2)CC1. The second-order valence-corrected chi connectivity index (χ2v) is 5.34. The fraction of sp³-hybridized carbons (Fsp3) is 0.444. The maximum absolute atomic E-state index is 2.36. The van der Waals surface area contributed by atoms with Crippen molar-refractivity contribution in [1.82, 2.24) is 0 Å². The van der Waals surface area contributed by atoms with Crippen molar-refractivity contribution < 1.29 is 0 Å². The van der Waals surface area contributed by atoms with E-state index in [1.165, 1.54) is 55.2 Å². The summed E-state index contributed by atoms with van der Waals surface area (Å²) in [5.41, 5.74) is 5.86. The normalized spacial score (nSPS) is 15.2. The molecule has 1 aromatic carbocycles. The van der Waals surface area contributed by atoms with Crippen LogP contribution in [0.2, 0.25) is 0 Å². The second kappa shape index (κ2) is 6.58. The molecule has 0 heterocycles. The third-order valence-electron chi connectivity index (χ3n) is 3.76. The second-order valence-electron chi connectivity index (χ2n) is 5.34. The van der Waals surface area contributed by atoms with Crippen molar-refractivity contribution in [1.29, 1.82) is 0 Å². The molecule has 0 aliphatic heterocycles. The van der Waals surface area contributed by atoms with E-state index in [-0.39, 0.29) is 0 Å². The summed E-state index contributed by atoms with van der Waals surface area (Å²) in [5, 5.41) is 0. The van der Waals surface area contributed by atoms with E-state index in [0.29, 0.717) is 0 Å². The van der Waals surface area contributed by atoms with Gasteiger partial charge in [0.1, 0.15) is 0 Å². The minimum absolute atomic E-state index is 1.21. The lowest BCUT2D eigenvalue weighted by molar-refractivity contribution is 0.696. The summed E-state index contributed by atoms with van der Waals surface area (Å²) in [6.07, 6.45) is 12.5. The Bertz CT molecular complexity index is 432. The van der Waals surface area contributed by atoms with Gasteiger partial charge in [-0.1, -0.05) is 67.3 Å². The number of aryl methyl sites for hydroxylation is 1. The van der Waals surface area contributed by atoms with Gasteiger partial charge in [-0.05, 0) is 43.7 Å². The van der Waals surface area contributed by atoms with Gasteiger partial charge < -0.3 is 0 Å². The van der Waals surface area contributed by atoms with Gasteiger partial charge in [-0.3, -0.25) is 0 Å². The molecule has 0 atom stereocenters. The molecule has 0 unspecified atom stereocenters. The molecule has 18 heavy (non-hydrogen) atoms.